The fourth-order valence-electron chi connectivity index (χ4n) is 1.10. The van der Waals surface area contributed by atoms with Crippen LogP contribution in [0.15, 0.2) is 17.1 Å². The van der Waals surface area contributed by atoms with Gasteiger partial charge in [-0.3, -0.25) is 4.79 Å². The van der Waals surface area contributed by atoms with E-state index in [9.17, 15) is 4.79 Å². The number of anilines is 1. The van der Waals surface area contributed by atoms with E-state index in [0.717, 1.165) is 18.5 Å². The van der Waals surface area contributed by atoms with Gasteiger partial charge < -0.3 is 10.3 Å². The van der Waals surface area contributed by atoms with Gasteiger partial charge in [0.2, 0.25) is 0 Å². The van der Waals surface area contributed by atoms with Crippen LogP contribution in [-0.4, -0.2) is 4.57 Å². The van der Waals surface area contributed by atoms with Crippen molar-refractivity contribution in [3.63, 3.8) is 0 Å². The first kappa shape index (κ1) is 8.84. The summed E-state index contributed by atoms with van der Waals surface area (Å²) in [5, 5.41) is 0. The van der Waals surface area contributed by atoms with E-state index in [1.165, 1.54) is 0 Å². The molecule has 1 aromatic rings. The molecule has 0 aliphatic heterocycles. The number of nitrogens with two attached hydrogens (primary N) is 1. The standard InChI is InChI=1S/C9H14N2O/c1-3-4-11-6-8(10)7(2)5-9(11)12/h5-6H,3-4,10H2,1-2H3. The van der Waals surface area contributed by atoms with Gasteiger partial charge >= 0.3 is 0 Å². The molecule has 0 fully saturated rings. The van der Waals surface area contributed by atoms with Crippen molar-refractivity contribution in [2.24, 2.45) is 0 Å². The predicted molar refractivity (Wildman–Crippen MR) is 50.1 cm³/mol. The highest BCUT2D eigenvalue weighted by molar-refractivity contribution is 5.42. The first-order valence-electron chi connectivity index (χ1n) is 4.11. The second kappa shape index (κ2) is 3.43. The summed E-state index contributed by atoms with van der Waals surface area (Å²) < 4.78 is 1.64. The summed E-state index contributed by atoms with van der Waals surface area (Å²) in [5.41, 5.74) is 7.23. The molecule has 3 heteroatoms. The number of aromatic nitrogens is 1. The second-order valence-corrected chi connectivity index (χ2v) is 2.94. The van der Waals surface area contributed by atoms with Crippen molar-refractivity contribution in [2.75, 3.05) is 5.73 Å². The van der Waals surface area contributed by atoms with Crippen LogP contribution in [0.4, 0.5) is 5.69 Å². The number of aryl methyl sites for hydroxylation is 2. The average Bonchev–Trinajstić information content (AvgIpc) is 2.01. The Morgan fingerprint density at radius 1 is 1.58 bits per heavy atom. The van der Waals surface area contributed by atoms with Crippen molar-refractivity contribution in [3.05, 3.63) is 28.2 Å². The van der Waals surface area contributed by atoms with E-state index in [0.29, 0.717) is 5.69 Å². The van der Waals surface area contributed by atoms with Gasteiger partial charge in [-0.1, -0.05) is 6.92 Å². The second-order valence-electron chi connectivity index (χ2n) is 2.94. The van der Waals surface area contributed by atoms with Crippen molar-refractivity contribution < 1.29 is 0 Å². The first-order valence-corrected chi connectivity index (χ1v) is 4.11. The molecule has 0 atom stereocenters. The molecule has 12 heavy (non-hydrogen) atoms. The molecular formula is C9H14N2O. The molecule has 0 aromatic carbocycles. The minimum Gasteiger partial charge on any atom is -0.397 e. The summed E-state index contributed by atoms with van der Waals surface area (Å²) in [7, 11) is 0. The van der Waals surface area contributed by atoms with Gasteiger partial charge in [0.05, 0.1) is 5.69 Å². The number of hydrogen-bond acceptors (Lipinski definition) is 2. The third-order valence-electron chi connectivity index (χ3n) is 1.84. The van der Waals surface area contributed by atoms with Crippen LogP contribution >= 0.6 is 0 Å². The highest BCUT2D eigenvalue weighted by Gasteiger charge is 1.98. The molecule has 0 radical (unpaired) electrons. The van der Waals surface area contributed by atoms with E-state index in [-0.39, 0.29) is 5.56 Å². The zero-order valence-corrected chi connectivity index (χ0v) is 7.50. The third-order valence-corrected chi connectivity index (χ3v) is 1.84. The normalized spacial score (nSPS) is 10.2. The molecule has 0 saturated heterocycles. The lowest BCUT2D eigenvalue weighted by Crippen LogP contribution is -2.19. The molecule has 1 heterocycles. The summed E-state index contributed by atoms with van der Waals surface area (Å²) in [5.74, 6) is 0. The van der Waals surface area contributed by atoms with Crippen molar-refractivity contribution in [1.82, 2.24) is 4.57 Å². The van der Waals surface area contributed by atoms with Gasteiger partial charge in [0.15, 0.2) is 0 Å². The highest BCUT2D eigenvalue weighted by Crippen LogP contribution is 2.05. The Morgan fingerprint density at radius 2 is 2.25 bits per heavy atom. The summed E-state index contributed by atoms with van der Waals surface area (Å²) in [6.07, 6.45) is 2.66. The van der Waals surface area contributed by atoms with Crippen LogP contribution in [0.5, 0.6) is 0 Å². The zero-order chi connectivity index (χ0) is 9.14. The monoisotopic (exact) mass is 166 g/mol. The van der Waals surface area contributed by atoms with Gasteiger partial charge in [-0.05, 0) is 18.9 Å². The number of pyridine rings is 1. The molecular weight excluding hydrogens is 152 g/mol. The first-order chi connectivity index (χ1) is 5.65. The quantitative estimate of drug-likeness (QED) is 0.716. The lowest BCUT2D eigenvalue weighted by Gasteiger charge is -2.05. The minimum absolute atomic E-state index is 0.0311. The summed E-state index contributed by atoms with van der Waals surface area (Å²) in [6, 6.07) is 1.57. The summed E-state index contributed by atoms with van der Waals surface area (Å²) >= 11 is 0. The Labute approximate surface area is 71.8 Å². The molecule has 0 spiro atoms. The maximum atomic E-state index is 11.3. The fraction of sp³-hybridized carbons (Fsp3) is 0.444. The van der Waals surface area contributed by atoms with Crippen molar-refractivity contribution >= 4 is 5.69 Å². The fourth-order valence-corrected chi connectivity index (χ4v) is 1.10. The lowest BCUT2D eigenvalue weighted by molar-refractivity contribution is 0.654. The molecule has 0 aliphatic carbocycles. The summed E-state index contributed by atoms with van der Waals surface area (Å²) in [4.78, 5) is 11.3. The largest absolute Gasteiger partial charge is 0.397 e. The van der Waals surface area contributed by atoms with E-state index in [1.54, 1.807) is 16.8 Å². The molecule has 2 N–H and O–H groups in total. The zero-order valence-electron chi connectivity index (χ0n) is 7.50. The van der Waals surface area contributed by atoms with Gasteiger partial charge in [-0.15, -0.1) is 0 Å². The van der Waals surface area contributed by atoms with Crippen LogP contribution in [0.1, 0.15) is 18.9 Å². The molecule has 1 aromatic heterocycles. The van der Waals surface area contributed by atoms with E-state index < -0.39 is 0 Å². The third kappa shape index (κ3) is 1.67. The number of nitrogens with zero attached hydrogens (tertiary/aromatic N) is 1. The van der Waals surface area contributed by atoms with Crippen molar-refractivity contribution in [3.8, 4) is 0 Å². The molecule has 1 rings (SSSR count). The van der Waals surface area contributed by atoms with Gasteiger partial charge in [0.1, 0.15) is 0 Å². The van der Waals surface area contributed by atoms with Crippen LogP contribution in [0.2, 0.25) is 0 Å². The van der Waals surface area contributed by atoms with Crippen LogP contribution < -0.4 is 11.3 Å². The molecule has 0 bridgehead atoms. The van der Waals surface area contributed by atoms with Gasteiger partial charge in [0.25, 0.3) is 5.56 Å². The van der Waals surface area contributed by atoms with Gasteiger partial charge in [-0.25, -0.2) is 0 Å². The van der Waals surface area contributed by atoms with Crippen LogP contribution in [0, 0.1) is 6.92 Å². The smallest absolute Gasteiger partial charge is 0.250 e. The van der Waals surface area contributed by atoms with Crippen LogP contribution in [-0.2, 0) is 6.54 Å². The van der Waals surface area contributed by atoms with Crippen molar-refractivity contribution in [2.45, 2.75) is 26.8 Å². The van der Waals surface area contributed by atoms with Crippen LogP contribution in [0.3, 0.4) is 0 Å². The molecule has 0 amide bonds. The molecule has 3 nitrogen and oxygen atoms in total. The SMILES string of the molecule is CCCn1cc(N)c(C)cc1=O. The maximum Gasteiger partial charge on any atom is 0.250 e. The topological polar surface area (TPSA) is 48.0 Å². The molecule has 0 unspecified atom stereocenters. The Hall–Kier alpha value is -1.25. The van der Waals surface area contributed by atoms with E-state index in [4.69, 9.17) is 5.73 Å². The van der Waals surface area contributed by atoms with Gasteiger partial charge in [0, 0.05) is 18.8 Å². The predicted octanol–water partition coefficient (Wildman–Crippen LogP) is 1.15. The van der Waals surface area contributed by atoms with Crippen molar-refractivity contribution in [1.29, 1.82) is 0 Å². The Kier molecular flexibility index (Phi) is 2.53. The van der Waals surface area contributed by atoms with E-state index in [2.05, 4.69) is 0 Å². The Balaban J connectivity index is 3.14. The number of hydrogen-bond donors (Lipinski definition) is 1. The highest BCUT2D eigenvalue weighted by atomic mass is 16.1. The van der Waals surface area contributed by atoms with Crippen LogP contribution in [0.25, 0.3) is 0 Å². The van der Waals surface area contributed by atoms with Gasteiger partial charge in [-0.2, -0.15) is 0 Å². The molecule has 0 aliphatic rings. The minimum atomic E-state index is 0.0311. The summed E-state index contributed by atoms with van der Waals surface area (Å²) in [6.45, 7) is 4.61. The van der Waals surface area contributed by atoms with E-state index >= 15 is 0 Å². The molecule has 0 saturated carbocycles. The number of nitrogen functional groups attached to an aromatic ring is 1. The molecule has 66 valence electrons. The Morgan fingerprint density at radius 3 is 2.83 bits per heavy atom. The Bertz CT molecular complexity index is 328. The maximum absolute atomic E-state index is 11.3. The number of rotatable bonds is 2. The van der Waals surface area contributed by atoms with E-state index in [1.807, 2.05) is 13.8 Å². The average molecular weight is 166 g/mol. The lowest BCUT2D eigenvalue weighted by atomic mass is 10.2.